The summed E-state index contributed by atoms with van der Waals surface area (Å²) in [5.74, 6) is 1.20. The quantitative estimate of drug-likeness (QED) is 0.606. The summed E-state index contributed by atoms with van der Waals surface area (Å²) in [6.45, 7) is 6.50. The van der Waals surface area contributed by atoms with Gasteiger partial charge in [0.2, 0.25) is 0 Å². The average molecular weight is 174 g/mol. The largest absolute Gasteiger partial charge is 0.368 e. The monoisotopic (exact) mass is 174 g/mol. The highest BCUT2D eigenvalue weighted by Gasteiger charge is 2.08. The number of rotatable bonds is 6. The van der Waals surface area contributed by atoms with Crippen molar-refractivity contribution in [1.82, 2.24) is 0 Å². The van der Waals surface area contributed by atoms with Crippen molar-refractivity contribution in [3.8, 4) is 0 Å². The lowest BCUT2D eigenvalue weighted by atomic mass is 9.94. The topological polar surface area (TPSA) is 40.5 Å². The fourth-order valence-corrected chi connectivity index (χ4v) is 1.25. The predicted octanol–water partition coefficient (Wildman–Crippen LogP) is 2.15. The van der Waals surface area contributed by atoms with Gasteiger partial charge in [-0.25, -0.2) is 0 Å². The molecule has 0 aromatic heterocycles. The number of aliphatic hydroxyl groups excluding tert-OH is 1. The Labute approximate surface area is 75.6 Å². The Kier molecular flexibility index (Phi) is 6.39. The first-order valence-electron chi connectivity index (χ1n) is 4.92. The Morgan fingerprint density at radius 3 is 1.92 bits per heavy atom. The van der Waals surface area contributed by atoms with E-state index in [1.807, 2.05) is 0 Å². The molecule has 0 radical (unpaired) electrons. The maximum absolute atomic E-state index is 8.70. The molecule has 0 saturated heterocycles. The Morgan fingerprint density at radius 1 is 1.00 bits per heavy atom. The van der Waals surface area contributed by atoms with Crippen molar-refractivity contribution in [1.29, 1.82) is 0 Å². The molecule has 2 unspecified atom stereocenters. The van der Waals surface area contributed by atoms with Gasteiger partial charge in [-0.15, -0.1) is 0 Å². The summed E-state index contributed by atoms with van der Waals surface area (Å²) in [6, 6.07) is 0. The zero-order chi connectivity index (χ0) is 9.56. The van der Waals surface area contributed by atoms with Crippen LogP contribution in [0, 0.1) is 11.8 Å². The van der Waals surface area contributed by atoms with Gasteiger partial charge in [-0.3, -0.25) is 0 Å². The van der Waals surface area contributed by atoms with Crippen LogP contribution in [0.4, 0.5) is 0 Å². The van der Waals surface area contributed by atoms with Crippen molar-refractivity contribution in [3.05, 3.63) is 0 Å². The smallest absolute Gasteiger partial charge is 0.151 e. The van der Waals surface area contributed by atoms with E-state index in [9.17, 15) is 0 Å². The van der Waals surface area contributed by atoms with E-state index in [-0.39, 0.29) is 0 Å². The number of hydrogen-bond acceptors (Lipinski definition) is 2. The van der Waals surface area contributed by atoms with Crippen LogP contribution in [0.25, 0.3) is 0 Å². The summed E-state index contributed by atoms with van der Waals surface area (Å²) in [5.41, 5.74) is 0. The van der Waals surface area contributed by atoms with Crippen LogP contribution in [-0.4, -0.2) is 16.5 Å². The van der Waals surface area contributed by atoms with Gasteiger partial charge in [-0.2, -0.15) is 0 Å². The van der Waals surface area contributed by atoms with Gasteiger partial charge in [0.1, 0.15) is 0 Å². The fourth-order valence-electron chi connectivity index (χ4n) is 1.25. The SMILES string of the molecule is CCC(C)CCC(C)CC(O)O. The molecule has 2 nitrogen and oxygen atoms in total. The Morgan fingerprint density at radius 2 is 1.50 bits per heavy atom. The van der Waals surface area contributed by atoms with Gasteiger partial charge in [0.05, 0.1) is 0 Å². The molecule has 74 valence electrons. The second kappa shape index (κ2) is 6.44. The van der Waals surface area contributed by atoms with E-state index in [0.717, 1.165) is 12.3 Å². The average Bonchev–Trinajstić information content (AvgIpc) is 1.99. The van der Waals surface area contributed by atoms with Gasteiger partial charge in [0.25, 0.3) is 0 Å². The summed E-state index contributed by atoms with van der Waals surface area (Å²) in [5, 5.41) is 17.4. The molecule has 12 heavy (non-hydrogen) atoms. The molecule has 0 fully saturated rings. The van der Waals surface area contributed by atoms with Crippen LogP contribution >= 0.6 is 0 Å². The zero-order valence-electron chi connectivity index (χ0n) is 8.45. The van der Waals surface area contributed by atoms with E-state index in [2.05, 4.69) is 20.8 Å². The molecule has 0 saturated carbocycles. The van der Waals surface area contributed by atoms with Crippen LogP contribution in [0.1, 0.15) is 46.5 Å². The molecule has 2 atom stereocenters. The first-order chi connectivity index (χ1) is 5.56. The Hall–Kier alpha value is -0.0800. The second-order valence-corrected chi connectivity index (χ2v) is 3.91. The third kappa shape index (κ3) is 6.62. The van der Waals surface area contributed by atoms with E-state index < -0.39 is 6.29 Å². The van der Waals surface area contributed by atoms with E-state index >= 15 is 0 Å². The minimum Gasteiger partial charge on any atom is -0.368 e. The lowest BCUT2D eigenvalue weighted by Gasteiger charge is -2.14. The van der Waals surface area contributed by atoms with Crippen molar-refractivity contribution in [2.75, 3.05) is 0 Å². The van der Waals surface area contributed by atoms with Crippen LogP contribution in [0.3, 0.4) is 0 Å². The number of hydrogen-bond donors (Lipinski definition) is 2. The first kappa shape index (κ1) is 11.9. The Balaban J connectivity index is 3.36. The van der Waals surface area contributed by atoms with E-state index in [1.165, 1.54) is 12.8 Å². The Bertz CT molecular complexity index is 102. The highest BCUT2D eigenvalue weighted by atomic mass is 16.5. The first-order valence-corrected chi connectivity index (χ1v) is 4.92. The number of aliphatic hydroxyl groups is 2. The lowest BCUT2D eigenvalue weighted by molar-refractivity contribution is -0.0553. The molecule has 0 heterocycles. The van der Waals surface area contributed by atoms with Gasteiger partial charge >= 0.3 is 0 Å². The maximum atomic E-state index is 8.70. The predicted molar refractivity (Wildman–Crippen MR) is 50.7 cm³/mol. The summed E-state index contributed by atoms with van der Waals surface area (Å²) in [7, 11) is 0. The van der Waals surface area contributed by atoms with Gasteiger partial charge in [-0.1, -0.05) is 40.0 Å². The lowest BCUT2D eigenvalue weighted by Crippen LogP contribution is -2.11. The van der Waals surface area contributed by atoms with Gasteiger partial charge in [-0.05, 0) is 11.8 Å². The summed E-state index contributed by atoms with van der Waals surface area (Å²) in [6.07, 6.45) is 2.90. The molecular formula is C10H22O2. The molecule has 0 aromatic rings. The third-order valence-corrected chi connectivity index (χ3v) is 2.46. The van der Waals surface area contributed by atoms with E-state index in [0.29, 0.717) is 12.3 Å². The van der Waals surface area contributed by atoms with Crippen molar-refractivity contribution in [2.24, 2.45) is 11.8 Å². The van der Waals surface area contributed by atoms with Gasteiger partial charge in [0.15, 0.2) is 6.29 Å². The molecule has 0 aliphatic heterocycles. The van der Waals surface area contributed by atoms with Crippen molar-refractivity contribution < 1.29 is 10.2 Å². The molecule has 0 amide bonds. The molecule has 0 aliphatic carbocycles. The van der Waals surface area contributed by atoms with Crippen LogP contribution < -0.4 is 0 Å². The third-order valence-electron chi connectivity index (χ3n) is 2.46. The molecular weight excluding hydrogens is 152 g/mol. The van der Waals surface area contributed by atoms with E-state index in [4.69, 9.17) is 10.2 Å². The van der Waals surface area contributed by atoms with Gasteiger partial charge in [0, 0.05) is 6.42 Å². The normalized spacial score (nSPS) is 16.5. The maximum Gasteiger partial charge on any atom is 0.151 e. The molecule has 0 aromatic carbocycles. The van der Waals surface area contributed by atoms with Crippen LogP contribution in [0.15, 0.2) is 0 Å². The van der Waals surface area contributed by atoms with Crippen molar-refractivity contribution in [3.63, 3.8) is 0 Å². The fraction of sp³-hybridized carbons (Fsp3) is 1.00. The highest BCUT2D eigenvalue weighted by Crippen LogP contribution is 2.17. The zero-order valence-corrected chi connectivity index (χ0v) is 8.45. The van der Waals surface area contributed by atoms with Gasteiger partial charge < -0.3 is 10.2 Å². The minimum absolute atomic E-state index is 0.430. The summed E-state index contributed by atoms with van der Waals surface area (Å²) in [4.78, 5) is 0. The van der Waals surface area contributed by atoms with Crippen molar-refractivity contribution >= 4 is 0 Å². The second-order valence-electron chi connectivity index (χ2n) is 3.91. The van der Waals surface area contributed by atoms with Crippen LogP contribution in [0.2, 0.25) is 0 Å². The van der Waals surface area contributed by atoms with Crippen LogP contribution in [-0.2, 0) is 0 Å². The molecule has 0 aliphatic rings. The molecule has 2 heteroatoms. The van der Waals surface area contributed by atoms with E-state index in [1.54, 1.807) is 0 Å². The molecule has 0 rings (SSSR count). The minimum atomic E-state index is -1.13. The molecule has 0 bridgehead atoms. The van der Waals surface area contributed by atoms with Crippen LogP contribution in [0.5, 0.6) is 0 Å². The standard InChI is InChI=1S/C10H22O2/c1-4-8(2)5-6-9(3)7-10(11)12/h8-12H,4-7H2,1-3H3. The summed E-state index contributed by atoms with van der Waals surface area (Å²) >= 11 is 0. The highest BCUT2D eigenvalue weighted by molar-refractivity contribution is 4.57. The summed E-state index contributed by atoms with van der Waals surface area (Å²) < 4.78 is 0. The van der Waals surface area contributed by atoms with Crippen molar-refractivity contribution in [2.45, 2.75) is 52.7 Å². The molecule has 2 N–H and O–H groups in total. The molecule has 0 spiro atoms.